The molecule has 0 saturated carbocycles. The Hall–Kier alpha value is -2.44. The van der Waals surface area contributed by atoms with E-state index >= 15 is 0 Å². The van der Waals surface area contributed by atoms with Gasteiger partial charge in [0.15, 0.2) is 11.6 Å². The molecule has 2 aromatic heterocycles. The number of hydrogen-bond acceptors (Lipinski definition) is 6. The fourth-order valence-electron chi connectivity index (χ4n) is 3.10. The van der Waals surface area contributed by atoms with Crippen molar-refractivity contribution in [1.29, 1.82) is 0 Å². The minimum absolute atomic E-state index is 0.0869. The largest absolute Gasteiger partial charge is 0.466 e. The molecule has 0 aromatic carbocycles. The van der Waals surface area contributed by atoms with Crippen molar-refractivity contribution in [3.8, 4) is 5.82 Å². The van der Waals surface area contributed by atoms with Crippen LogP contribution in [0.1, 0.15) is 31.2 Å². The van der Waals surface area contributed by atoms with Crippen molar-refractivity contribution < 1.29 is 9.53 Å². The van der Waals surface area contributed by atoms with Gasteiger partial charge in [-0.25, -0.2) is 4.68 Å². The third-order valence-electron chi connectivity index (χ3n) is 4.23. The highest BCUT2D eigenvalue weighted by Crippen LogP contribution is 2.22. The summed E-state index contributed by atoms with van der Waals surface area (Å²) in [7, 11) is 0. The van der Waals surface area contributed by atoms with E-state index in [2.05, 4.69) is 20.2 Å². The standard InChI is InChI=1S/C17H23N5O2/c1-4-24-17(23)14-6-5-9-21(11-14)15-7-8-16(19-18-15)22-13(3)10-12(2)20-22/h7-8,10,14H,4-6,9,11H2,1-3H3/t14-/m1/s1. The second-order valence-corrected chi connectivity index (χ2v) is 6.13. The van der Waals surface area contributed by atoms with Crippen molar-refractivity contribution in [1.82, 2.24) is 20.0 Å². The molecule has 0 unspecified atom stereocenters. The normalized spacial score (nSPS) is 17.8. The van der Waals surface area contributed by atoms with E-state index in [1.165, 1.54) is 0 Å². The van der Waals surface area contributed by atoms with Gasteiger partial charge in [-0.05, 0) is 51.8 Å². The zero-order valence-electron chi connectivity index (χ0n) is 14.4. The van der Waals surface area contributed by atoms with Gasteiger partial charge < -0.3 is 9.64 Å². The number of aromatic nitrogens is 4. The highest BCUT2D eigenvalue weighted by atomic mass is 16.5. The molecule has 0 bridgehead atoms. The maximum absolute atomic E-state index is 12.0. The zero-order chi connectivity index (χ0) is 17.1. The molecule has 1 fully saturated rings. The summed E-state index contributed by atoms with van der Waals surface area (Å²) in [5, 5.41) is 13.0. The molecule has 7 heteroatoms. The van der Waals surface area contributed by atoms with Crippen LogP contribution in [-0.2, 0) is 9.53 Å². The lowest BCUT2D eigenvalue weighted by Crippen LogP contribution is -2.40. The van der Waals surface area contributed by atoms with E-state index in [0.29, 0.717) is 19.0 Å². The number of nitrogens with zero attached hydrogens (tertiary/aromatic N) is 5. The summed E-state index contributed by atoms with van der Waals surface area (Å²) >= 11 is 0. The second-order valence-electron chi connectivity index (χ2n) is 6.13. The molecule has 1 aliphatic rings. The lowest BCUT2D eigenvalue weighted by molar-refractivity contribution is -0.148. The SMILES string of the molecule is CCOC(=O)[C@@H]1CCCN(c2ccc(-n3nc(C)cc3C)nn2)C1. The number of carbonyl (C=O) groups excluding carboxylic acids is 1. The van der Waals surface area contributed by atoms with Gasteiger partial charge in [-0.1, -0.05) is 0 Å². The smallest absolute Gasteiger partial charge is 0.310 e. The summed E-state index contributed by atoms with van der Waals surface area (Å²) < 4.78 is 6.93. The summed E-state index contributed by atoms with van der Waals surface area (Å²) in [6.07, 6.45) is 1.82. The number of esters is 1. The average Bonchev–Trinajstić information content (AvgIpc) is 2.94. The van der Waals surface area contributed by atoms with Crippen LogP contribution < -0.4 is 4.90 Å². The Labute approximate surface area is 141 Å². The van der Waals surface area contributed by atoms with Crippen molar-refractivity contribution in [3.05, 3.63) is 29.6 Å². The first-order chi connectivity index (χ1) is 11.6. The van der Waals surface area contributed by atoms with Crippen LogP contribution in [-0.4, -0.2) is 45.6 Å². The fraction of sp³-hybridized carbons (Fsp3) is 0.529. The number of rotatable bonds is 4. The van der Waals surface area contributed by atoms with E-state index in [9.17, 15) is 4.79 Å². The van der Waals surface area contributed by atoms with E-state index in [1.807, 2.05) is 39.0 Å². The third kappa shape index (κ3) is 3.39. The number of aryl methyl sites for hydroxylation is 2. The summed E-state index contributed by atoms with van der Waals surface area (Å²) in [6, 6.07) is 5.85. The third-order valence-corrected chi connectivity index (χ3v) is 4.23. The first-order valence-corrected chi connectivity index (χ1v) is 8.37. The lowest BCUT2D eigenvalue weighted by atomic mass is 9.98. The number of anilines is 1. The van der Waals surface area contributed by atoms with Gasteiger partial charge in [-0.3, -0.25) is 4.79 Å². The maximum atomic E-state index is 12.0. The van der Waals surface area contributed by atoms with Crippen molar-refractivity contribution in [2.24, 2.45) is 5.92 Å². The van der Waals surface area contributed by atoms with Gasteiger partial charge in [0.25, 0.3) is 0 Å². The number of carbonyl (C=O) groups is 1. The summed E-state index contributed by atoms with van der Waals surface area (Å²) in [5.74, 6) is 1.28. The lowest BCUT2D eigenvalue weighted by Gasteiger charge is -2.32. The van der Waals surface area contributed by atoms with Gasteiger partial charge in [-0.2, -0.15) is 5.10 Å². The number of piperidine rings is 1. The topological polar surface area (TPSA) is 73.1 Å². The van der Waals surface area contributed by atoms with Crippen LogP contribution in [0.5, 0.6) is 0 Å². The molecule has 3 rings (SSSR count). The monoisotopic (exact) mass is 329 g/mol. The van der Waals surface area contributed by atoms with Gasteiger partial charge in [0, 0.05) is 18.8 Å². The van der Waals surface area contributed by atoms with Gasteiger partial charge in [0.05, 0.1) is 18.2 Å². The molecule has 1 atom stereocenters. The average molecular weight is 329 g/mol. The Balaban J connectivity index is 1.73. The van der Waals surface area contributed by atoms with Crippen LogP contribution in [0.3, 0.4) is 0 Å². The van der Waals surface area contributed by atoms with Crippen LogP contribution in [0.25, 0.3) is 5.82 Å². The molecule has 2 aromatic rings. The zero-order valence-corrected chi connectivity index (χ0v) is 14.4. The van der Waals surface area contributed by atoms with Crippen LogP contribution in [0.4, 0.5) is 5.82 Å². The van der Waals surface area contributed by atoms with Gasteiger partial charge in [-0.15, -0.1) is 10.2 Å². The minimum atomic E-state index is -0.116. The van der Waals surface area contributed by atoms with Gasteiger partial charge in [0.1, 0.15) is 0 Å². The molecular weight excluding hydrogens is 306 g/mol. The summed E-state index contributed by atoms with van der Waals surface area (Å²) in [6.45, 7) is 7.71. The van der Waals surface area contributed by atoms with Crippen LogP contribution >= 0.6 is 0 Å². The fourth-order valence-corrected chi connectivity index (χ4v) is 3.10. The Morgan fingerprint density at radius 1 is 1.29 bits per heavy atom. The van der Waals surface area contributed by atoms with Crippen LogP contribution in [0.2, 0.25) is 0 Å². The van der Waals surface area contributed by atoms with Crippen molar-refractivity contribution >= 4 is 11.8 Å². The molecule has 0 radical (unpaired) electrons. The number of ether oxygens (including phenoxy) is 1. The van der Waals surface area contributed by atoms with E-state index in [1.54, 1.807) is 4.68 Å². The Bertz CT molecular complexity index is 710. The van der Waals surface area contributed by atoms with Gasteiger partial charge in [0.2, 0.25) is 0 Å². The first kappa shape index (κ1) is 16.4. The van der Waals surface area contributed by atoms with Crippen LogP contribution in [0.15, 0.2) is 18.2 Å². The van der Waals surface area contributed by atoms with E-state index in [-0.39, 0.29) is 11.9 Å². The van der Waals surface area contributed by atoms with E-state index < -0.39 is 0 Å². The van der Waals surface area contributed by atoms with Gasteiger partial charge >= 0.3 is 5.97 Å². The molecule has 0 amide bonds. The summed E-state index contributed by atoms with van der Waals surface area (Å²) in [5.41, 5.74) is 1.97. The van der Waals surface area contributed by atoms with Crippen LogP contribution in [0, 0.1) is 19.8 Å². The quantitative estimate of drug-likeness (QED) is 0.800. The molecular formula is C17H23N5O2. The molecule has 0 aliphatic carbocycles. The van der Waals surface area contributed by atoms with Crippen molar-refractivity contribution in [3.63, 3.8) is 0 Å². The molecule has 0 N–H and O–H groups in total. The minimum Gasteiger partial charge on any atom is -0.466 e. The highest BCUT2D eigenvalue weighted by Gasteiger charge is 2.27. The predicted molar refractivity (Wildman–Crippen MR) is 90.2 cm³/mol. The molecule has 3 heterocycles. The molecule has 24 heavy (non-hydrogen) atoms. The summed E-state index contributed by atoms with van der Waals surface area (Å²) in [4.78, 5) is 14.1. The Morgan fingerprint density at radius 2 is 2.04 bits per heavy atom. The first-order valence-electron chi connectivity index (χ1n) is 8.37. The van der Waals surface area contributed by atoms with Crippen molar-refractivity contribution in [2.45, 2.75) is 33.6 Å². The molecule has 128 valence electrons. The maximum Gasteiger partial charge on any atom is 0.310 e. The second kappa shape index (κ2) is 6.98. The molecule has 1 saturated heterocycles. The Kier molecular flexibility index (Phi) is 4.78. The van der Waals surface area contributed by atoms with Crippen molar-refractivity contribution in [2.75, 3.05) is 24.6 Å². The molecule has 0 spiro atoms. The Morgan fingerprint density at radius 3 is 2.67 bits per heavy atom. The van der Waals surface area contributed by atoms with E-state index in [4.69, 9.17) is 4.74 Å². The van der Waals surface area contributed by atoms with E-state index in [0.717, 1.165) is 36.6 Å². The predicted octanol–water partition coefficient (Wildman–Crippen LogP) is 2.06. The highest BCUT2D eigenvalue weighted by molar-refractivity contribution is 5.73. The molecule has 1 aliphatic heterocycles. The molecule has 7 nitrogen and oxygen atoms in total. The number of hydrogen-bond donors (Lipinski definition) is 0.